The van der Waals surface area contributed by atoms with Crippen molar-refractivity contribution in [3.05, 3.63) is 0 Å². The minimum Gasteiger partial charge on any atom is -0.436 e. The van der Waals surface area contributed by atoms with Gasteiger partial charge in [0.2, 0.25) is 6.29 Å². The maximum Gasteiger partial charge on any atom is 0.304 e. The normalized spacial score (nSPS) is 24.6. The van der Waals surface area contributed by atoms with Gasteiger partial charge in [0.1, 0.15) is 0 Å². The number of hydrogen-bond acceptors (Lipinski definition) is 3. The Morgan fingerprint density at radius 3 is 2.69 bits per heavy atom. The monoisotopic (exact) mass is 228 g/mol. The van der Waals surface area contributed by atoms with Crippen molar-refractivity contribution >= 4 is 5.97 Å². The van der Waals surface area contributed by atoms with Gasteiger partial charge in [0.15, 0.2) is 0 Å². The van der Waals surface area contributed by atoms with E-state index < -0.39 is 0 Å². The molecule has 0 amide bonds. The minimum atomic E-state index is -0.279. The molecule has 3 nitrogen and oxygen atoms in total. The van der Waals surface area contributed by atoms with E-state index in [4.69, 9.17) is 9.47 Å². The highest BCUT2D eigenvalue weighted by atomic mass is 16.7. The van der Waals surface area contributed by atoms with Gasteiger partial charge >= 0.3 is 5.97 Å². The first kappa shape index (κ1) is 13.5. The van der Waals surface area contributed by atoms with E-state index in [-0.39, 0.29) is 12.3 Å². The van der Waals surface area contributed by atoms with E-state index in [0.717, 1.165) is 19.3 Å². The third-order valence-corrected chi connectivity index (χ3v) is 3.00. The molecule has 1 saturated heterocycles. The summed E-state index contributed by atoms with van der Waals surface area (Å²) < 4.78 is 10.7. The highest BCUT2D eigenvalue weighted by molar-refractivity contribution is 5.66. The molecule has 1 rings (SSSR count). The molecule has 3 heteroatoms. The maximum absolute atomic E-state index is 10.7. The second-order valence-corrected chi connectivity index (χ2v) is 4.58. The molecule has 0 saturated carbocycles. The number of carbonyl (C=O) groups excluding carboxylic acids is 1. The van der Waals surface area contributed by atoms with Gasteiger partial charge < -0.3 is 9.47 Å². The van der Waals surface area contributed by atoms with Crippen LogP contribution in [0, 0.1) is 0 Å². The largest absolute Gasteiger partial charge is 0.436 e. The van der Waals surface area contributed by atoms with Crippen molar-refractivity contribution < 1.29 is 14.3 Å². The van der Waals surface area contributed by atoms with Gasteiger partial charge in [-0.1, -0.05) is 39.0 Å². The lowest BCUT2D eigenvalue weighted by atomic mass is 10.1. The fraction of sp³-hybridized carbons (Fsp3) is 0.923. The molecule has 0 aromatic rings. The molecule has 0 unspecified atom stereocenters. The van der Waals surface area contributed by atoms with Gasteiger partial charge in [-0.3, -0.25) is 4.79 Å². The number of hydrogen-bond donors (Lipinski definition) is 0. The summed E-state index contributed by atoms with van der Waals surface area (Å²) in [6.45, 7) is 3.66. The van der Waals surface area contributed by atoms with E-state index in [1.165, 1.54) is 39.0 Å². The third-order valence-electron chi connectivity index (χ3n) is 3.00. The predicted octanol–water partition coefficient (Wildman–Crippen LogP) is 3.42. The molecular formula is C13H24O3. The van der Waals surface area contributed by atoms with Crippen LogP contribution in [0.5, 0.6) is 0 Å². The summed E-state index contributed by atoms with van der Waals surface area (Å²) in [5, 5.41) is 0. The number of ether oxygens (including phenoxy) is 2. The number of esters is 1. The predicted molar refractivity (Wildman–Crippen MR) is 63.0 cm³/mol. The highest BCUT2D eigenvalue weighted by Crippen LogP contribution is 2.24. The van der Waals surface area contributed by atoms with Crippen LogP contribution < -0.4 is 0 Å². The molecule has 1 fully saturated rings. The van der Waals surface area contributed by atoms with Gasteiger partial charge in [-0.25, -0.2) is 0 Å². The summed E-state index contributed by atoms with van der Waals surface area (Å²) in [5.41, 5.74) is 0. The Morgan fingerprint density at radius 1 is 1.25 bits per heavy atom. The van der Waals surface area contributed by atoms with Gasteiger partial charge in [0.25, 0.3) is 0 Å². The first-order valence-electron chi connectivity index (χ1n) is 6.55. The van der Waals surface area contributed by atoms with Crippen LogP contribution in [-0.2, 0) is 14.3 Å². The lowest BCUT2D eigenvalue weighted by Crippen LogP contribution is -2.16. The molecular weight excluding hydrogens is 204 g/mol. The number of rotatable bonds is 7. The Hall–Kier alpha value is -0.570. The second-order valence-electron chi connectivity index (χ2n) is 4.58. The Morgan fingerprint density at radius 2 is 2.00 bits per heavy atom. The quantitative estimate of drug-likeness (QED) is 0.495. The molecule has 1 aliphatic rings. The van der Waals surface area contributed by atoms with Crippen molar-refractivity contribution in [3.63, 3.8) is 0 Å². The zero-order valence-electron chi connectivity index (χ0n) is 10.5. The van der Waals surface area contributed by atoms with E-state index >= 15 is 0 Å². The molecule has 1 heterocycles. The van der Waals surface area contributed by atoms with E-state index in [2.05, 4.69) is 6.92 Å². The fourth-order valence-electron chi connectivity index (χ4n) is 2.13. The molecule has 2 atom stereocenters. The summed E-state index contributed by atoms with van der Waals surface area (Å²) >= 11 is 0. The van der Waals surface area contributed by atoms with E-state index in [1.807, 2.05) is 0 Å². The van der Waals surface area contributed by atoms with Crippen LogP contribution in [0.2, 0.25) is 0 Å². The molecule has 0 aromatic carbocycles. The molecule has 0 spiro atoms. The topological polar surface area (TPSA) is 35.5 Å². The van der Waals surface area contributed by atoms with Crippen molar-refractivity contribution in [2.45, 2.75) is 77.6 Å². The van der Waals surface area contributed by atoms with Crippen molar-refractivity contribution in [2.24, 2.45) is 0 Å². The van der Waals surface area contributed by atoms with Crippen LogP contribution in [0.3, 0.4) is 0 Å². The Kier molecular flexibility index (Phi) is 6.46. The van der Waals surface area contributed by atoms with Crippen LogP contribution in [0.1, 0.15) is 65.2 Å². The van der Waals surface area contributed by atoms with Gasteiger partial charge in [0, 0.05) is 13.3 Å². The molecule has 16 heavy (non-hydrogen) atoms. The Bertz CT molecular complexity index is 203. The zero-order chi connectivity index (χ0) is 11.8. The van der Waals surface area contributed by atoms with Crippen molar-refractivity contribution in [1.29, 1.82) is 0 Å². The van der Waals surface area contributed by atoms with Gasteiger partial charge in [-0.2, -0.15) is 0 Å². The Balaban J connectivity index is 2.01. The molecule has 0 N–H and O–H groups in total. The van der Waals surface area contributed by atoms with Gasteiger partial charge in [0.05, 0.1) is 6.10 Å². The average molecular weight is 228 g/mol. The summed E-state index contributed by atoms with van der Waals surface area (Å²) in [6, 6.07) is 0. The molecule has 1 aliphatic heterocycles. The zero-order valence-corrected chi connectivity index (χ0v) is 10.5. The molecule has 0 radical (unpaired) electrons. The fourth-order valence-corrected chi connectivity index (χ4v) is 2.13. The van der Waals surface area contributed by atoms with Gasteiger partial charge in [-0.15, -0.1) is 0 Å². The first-order chi connectivity index (χ1) is 7.72. The number of unbranched alkanes of at least 4 members (excludes halogenated alkanes) is 4. The minimum absolute atomic E-state index is 0.242. The summed E-state index contributed by atoms with van der Waals surface area (Å²) in [5.74, 6) is -0.242. The van der Waals surface area contributed by atoms with Crippen molar-refractivity contribution in [3.8, 4) is 0 Å². The van der Waals surface area contributed by atoms with Crippen LogP contribution in [-0.4, -0.2) is 18.4 Å². The van der Waals surface area contributed by atoms with E-state index in [1.54, 1.807) is 0 Å². The smallest absolute Gasteiger partial charge is 0.304 e. The van der Waals surface area contributed by atoms with Crippen LogP contribution in [0.25, 0.3) is 0 Å². The van der Waals surface area contributed by atoms with Crippen molar-refractivity contribution in [1.82, 2.24) is 0 Å². The van der Waals surface area contributed by atoms with Gasteiger partial charge in [-0.05, 0) is 12.8 Å². The third kappa shape index (κ3) is 5.50. The average Bonchev–Trinajstić information content (AvgIpc) is 2.64. The van der Waals surface area contributed by atoms with E-state index in [0.29, 0.717) is 6.10 Å². The molecule has 0 aliphatic carbocycles. The first-order valence-corrected chi connectivity index (χ1v) is 6.55. The summed E-state index contributed by atoms with van der Waals surface area (Å²) in [6.07, 6.45) is 9.52. The molecule has 94 valence electrons. The second kappa shape index (κ2) is 7.66. The SMILES string of the molecule is CCCCCCC[C@@H]1CC[C@@H](OC(C)=O)O1. The summed E-state index contributed by atoms with van der Waals surface area (Å²) in [4.78, 5) is 10.7. The number of carbonyl (C=O) groups is 1. The highest BCUT2D eigenvalue weighted by Gasteiger charge is 2.26. The van der Waals surface area contributed by atoms with Crippen LogP contribution in [0.15, 0.2) is 0 Å². The van der Waals surface area contributed by atoms with Crippen LogP contribution >= 0.6 is 0 Å². The molecule has 0 bridgehead atoms. The van der Waals surface area contributed by atoms with Crippen LogP contribution in [0.4, 0.5) is 0 Å². The Labute approximate surface area is 98.5 Å². The summed E-state index contributed by atoms with van der Waals surface area (Å²) in [7, 11) is 0. The molecule has 0 aromatic heterocycles. The standard InChI is InChI=1S/C13H24O3/c1-3-4-5-6-7-8-12-9-10-13(16-12)15-11(2)14/h12-13H,3-10H2,1-2H3/t12-,13+/m1/s1. The van der Waals surface area contributed by atoms with Crippen molar-refractivity contribution in [2.75, 3.05) is 0 Å². The lowest BCUT2D eigenvalue weighted by Gasteiger charge is -2.13. The van der Waals surface area contributed by atoms with E-state index in [9.17, 15) is 4.79 Å². The lowest BCUT2D eigenvalue weighted by molar-refractivity contribution is -0.173. The maximum atomic E-state index is 10.7.